The number of hydrogen-bond acceptors (Lipinski definition) is 5. The fourth-order valence-electron chi connectivity index (χ4n) is 2.41. The van der Waals surface area contributed by atoms with Gasteiger partial charge in [-0.1, -0.05) is 12.1 Å². The minimum absolute atomic E-state index is 0.247. The Hall–Kier alpha value is -1.63. The summed E-state index contributed by atoms with van der Waals surface area (Å²) in [6.45, 7) is 3.43. The maximum absolute atomic E-state index is 11.6. The summed E-state index contributed by atoms with van der Waals surface area (Å²) in [6.07, 6.45) is 1.03. The number of nitrogens with two attached hydrogens (primary N) is 1. The number of likely N-dealkylation sites (tertiary alicyclic amines) is 1. The highest BCUT2D eigenvalue weighted by Crippen LogP contribution is 2.18. The number of nitrogen functional groups attached to an aromatic ring is 1. The van der Waals surface area contributed by atoms with Gasteiger partial charge in [-0.25, -0.2) is 5.84 Å². The first-order valence-electron chi connectivity index (χ1n) is 6.80. The minimum Gasteiger partial charge on any atom is -0.491 e. The highest BCUT2D eigenvalue weighted by Gasteiger charge is 2.21. The SMILES string of the molecule is NNC(=O)c1ccccc1OCCN1CCC(CO)C1. The molecule has 1 fully saturated rings. The van der Waals surface area contributed by atoms with Crippen LogP contribution in [0.5, 0.6) is 5.75 Å². The molecule has 0 aromatic heterocycles. The molecule has 1 saturated heterocycles. The number of hydrazine groups is 1. The topological polar surface area (TPSA) is 87.8 Å². The first-order valence-corrected chi connectivity index (χ1v) is 6.80. The number of ether oxygens (including phenoxy) is 1. The molecule has 6 heteroatoms. The van der Waals surface area contributed by atoms with Gasteiger partial charge in [0, 0.05) is 19.7 Å². The highest BCUT2D eigenvalue weighted by atomic mass is 16.5. The van der Waals surface area contributed by atoms with Crippen LogP contribution in [0.3, 0.4) is 0 Å². The van der Waals surface area contributed by atoms with Gasteiger partial charge in [0.15, 0.2) is 0 Å². The maximum atomic E-state index is 11.6. The number of carbonyl (C=O) groups excluding carboxylic acids is 1. The van der Waals surface area contributed by atoms with Gasteiger partial charge in [-0.3, -0.25) is 15.1 Å². The largest absolute Gasteiger partial charge is 0.491 e. The molecule has 0 spiro atoms. The number of rotatable bonds is 6. The predicted octanol–water partition coefficient (Wildman–Crippen LogP) is -0.0169. The van der Waals surface area contributed by atoms with Crippen LogP contribution in [-0.2, 0) is 0 Å². The average molecular weight is 279 g/mol. The monoisotopic (exact) mass is 279 g/mol. The van der Waals surface area contributed by atoms with Crippen LogP contribution in [-0.4, -0.2) is 48.8 Å². The number of nitrogens with one attached hydrogen (secondary N) is 1. The Balaban J connectivity index is 1.84. The summed E-state index contributed by atoms with van der Waals surface area (Å²) in [6, 6.07) is 7.02. The number of para-hydroxylation sites is 1. The smallest absolute Gasteiger partial charge is 0.268 e. The van der Waals surface area contributed by atoms with Crippen LogP contribution in [0.4, 0.5) is 0 Å². The van der Waals surface area contributed by atoms with E-state index in [4.69, 9.17) is 15.7 Å². The molecule has 1 aliphatic heterocycles. The summed E-state index contributed by atoms with van der Waals surface area (Å²) in [4.78, 5) is 13.8. The van der Waals surface area contributed by atoms with Gasteiger partial charge >= 0.3 is 0 Å². The van der Waals surface area contributed by atoms with E-state index in [0.29, 0.717) is 23.8 Å². The van der Waals surface area contributed by atoms with Crippen LogP contribution in [0.2, 0.25) is 0 Å². The van der Waals surface area contributed by atoms with Gasteiger partial charge < -0.3 is 9.84 Å². The van der Waals surface area contributed by atoms with Crippen LogP contribution in [0, 0.1) is 5.92 Å². The molecule has 1 atom stereocenters. The lowest BCUT2D eigenvalue weighted by Gasteiger charge is -2.16. The summed E-state index contributed by atoms with van der Waals surface area (Å²) in [5, 5.41) is 9.10. The molecule has 1 aliphatic rings. The van der Waals surface area contributed by atoms with E-state index in [1.54, 1.807) is 18.2 Å². The molecule has 1 heterocycles. The van der Waals surface area contributed by atoms with Crippen LogP contribution in [0.25, 0.3) is 0 Å². The third-order valence-corrected chi connectivity index (χ3v) is 3.56. The van der Waals surface area contributed by atoms with Gasteiger partial charge in [-0.05, 0) is 31.0 Å². The molecule has 1 aromatic rings. The van der Waals surface area contributed by atoms with Gasteiger partial charge in [0.05, 0.1) is 5.56 Å². The Kier molecular flexibility index (Phi) is 5.34. The van der Waals surface area contributed by atoms with Gasteiger partial charge in [0.2, 0.25) is 0 Å². The van der Waals surface area contributed by atoms with E-state index in [1.165, 1.54) is 0 Å². The number of benzene rings is 1. The molecule has 110 valence electrons. The molecule has 0 aliphatic carbocycles. The second kappa shape index (κ2) is 7.23. The van der Waals surface area contributed by atoms with Crippen molar-refractivity contribution in [1.82, 2.24) is 10.3 Å². The second-order valence-corrected chi connectivity index (χ2v) is 4.96. The Labute approximate surface area is 118 Å². The van der Waals surface area contributed by atoms with Gasteiger partial charge in [0.25, 0.3) is 5.91 Å². The van der Waals surface area contributed by atoms with Crippen LogP contribution in [0.15, 0.2) is 24.3 Å². The third kappa shape index (κ3) is 3.69. The molecule has 0 bridgehead atoms. The highest BCUT2D eigenvalue weighted by molar-refractivity contribution is 5.96. The zero-order valence-corrected chi connectivity index (χ0v) is 11.4. The first-order chi connectivity index (χ1) is 9.74. The normalized spacial score (nSPS) is 19.0. The molecule has 0 radical (unpaired) electrons. The van der Waals surface area contributed by atoms with E-state index in [0.717, 1.165) is 26.1 Å². The van der Waals surface area contributed by atoms with Gasteiger partial charge in [-0.15, -0.1) is 0 Å². The standard InChI is InChI=1S/C14H21N3O3/c15-16-14(19)12-3-1-2-4-13(12)20-8-7-17-6-5-11(9-17)10-18/h1-4,11,18H,5-10,15H2,(H,16,19). The molecule has 0 saturated carbocycles. The van der Waals surface area contributed by atoms with Crippen molar-refractivity contribution in [3.05, 3.63) is 29.8 Å². The third-order valence-electron chi connectivity index (χ3n) is 3.56. The lowest BCUT2D eigenvalue weighted by molar-refractivity contribution is 0.0949. The Morgan fingerprint density at radius 1 is 1.50 bits per heavy atom. The number of aliphatic hydroxyl groups excluding tert-OH is 1. The average Bonchev–Trinajstić information content (AvgIpc) is 2.95. The molecular weight excluding hydrogens is 258 g/mol. The lowest BCUT2D eigenvalue weighted by atomic mass is 10.1. The summed E-state index contributed by atoms with van der Waals surface area (Å²) in [5.41, 5.74) is 2.54. The second-order valence-electron chi connectivity index (χ2n) is 4.96. The zero-order chi connectivity index (χ0) is 14.4. The summed E-state index contributed by atoms with van der Waals surface area (Å²) in [5.74, 6) is 5.70. The molecule has 20 heavy (non-hydrogen) atoms. The van der Waals surface area contributed by atoms with Crippen molar-refractivity contribution in [2.45, 2.75) is 6.42 Å². The summed E-state index contributed by atoms with van der Waals surface area (Å²) < 4.78 is 5.67. The Morgan fingerprint density at radius 2 is 2.30 bits per heavy atom. The number of amides is 1. The molecule has 1 amide bonds. The van der Waals surface area contributed by atoms with Crippen molar-refractivity contribution in [3.63, 3.8) is 0 Å². The molecule has 4 N–H and O–H groups in total. The van der Waals surface area contributed by atoms with Crippen LogP contribution >= 0.6 is 0 Å². The van der Waals surface area contributed by atoms with Gasteiger partial charge in [-0.2, -0.15) is 0 Å². The Morgan fingerprint density at radius 3 is 3.00 bits per heavy atom. The van der Waals surface area contributed by atoms with Crippen molar-refractivity contribution in [2.75, 3.05) is 32.8 Å². The van der Waals surface area contributed by atoms with Crippen molar-refractivity contribution in [3.8, 4) is 5.75 Å². The molecule has 1 unspecified atom stereocenters. The quantitative estimate of drug-likeness (QED) is 0.387. The van der Waals surface area contributed by atoms with E-state index in [9.17, 15) is 4.79 Å². The summed E-state index contributed by atoms with van der Waals surface area (Å²) in [7, 11) is 0. The zero-order valence-electron chi connectivity index (χ0n) is 11.4. The van der Waals surface area contributed by atoms with Crippen molar-refractivity contribution >= 4 is 5.91 Å². The van der Waals surface area contributed by atoms with Crippen LogP contribution < -0.4 is 16.0 Å². The first kappa shape index (κ1) is 14.8. The van der Waals surface area contributed by atoms with E-state index >= 15 is 0 Å². The van der Waals surface area contributed by atoms with Gasteiger partial charge in [0.1, 0.15) is 12.4 Å². The molecular formula is C14H21N3O3. The molecule has 2 rings (SSSR count). The number of nitrogens with zero attached hydrogens (tertiary/aromatic N) is 1. The van der Waals surface area contributed by atoms with Crippen molar-refractivity contribution in [2.24, 2.45) is 11.8 Å². The van der Waals surface area contributed by atoms with E-state index in [-0.39, 0.29) is 12.5 Å². The van der Waals surface area contributed by atoms with E-state index in [2.05, 4.69) is 10.3 Å². The van der Waals surface area contributed by atoms with Crippen molar-refractivity contribution < 1.29 is 14.6 Å². The number of aliphatic hydroxyl groups is 1. The Bertz CT molecular complexity index is 453. The van der Waals surface area contributed by atoms with Crippen molar-refractivity contribution in [1.29, 1.82) is 0 Å². The van der Waals surface area contributed by atoms with E-state index < -0.39 is 0 Å². The number of hydrogen-bond donors (Lipinski definition) is 3. The predicted molar refractivity (Wildman–Crippen MR) is 75.2 cm³/mol. The molecule has 6 nitrogen and oxygen atoms in total. The molecule has 1 aromatic carbocycles. The van der Waals surface area contributed by atoms with E-state index in [1.807, 2.05) is 6.07 Å². The fraction of sp³-hybridized carbons (Fsp3) is 0.500. The van der Waals surface area contributed by atoms with Crippen LogP contribution in [0.1, 0.15) is 16.8 Å². The minimum atomic E-state index is -0.359. The maximum Gasteiger partial charge on any atom is 0.268 e. The number of carbonyl (C=O) groups is 1. The summed E-state index contributed by atoms with van der Waals surface area (Å²) >= 11 is 0. The fourth-order valence-corrected chi connectivity index (χ4v) is 2.41. The lowest BCUT2D eigenvalue weighted by Crippen LogP contribution is -2.31.